The van der Waals surface area contributed by atoms with Gasteiger partial charge in [-0.2, -0.15) is 0 Å². The molecular formula is C20H24F2N2O3S. The summed E-state index contributed by atoms with van der Waals surface area (Å²) in [6.07, 6.45) is 0.908. The van der Waals surface area contributed by atoms with E-state index < -0.39 is 33.6 Å². The number of amides is 1. The summed E-state index contributed by atoms with van der Waals surface area (Å²) in [6.45, 7) is 7.21. The van der Waals surface area contributed by atoms with Crippen LogP contribution in [0.5, 0.6) is 0 Å². The summed E-state index contributed by atoms with van der Waals surface area (Å²) in [4.78, 5) is 12.9. The smallest absolute Gasteiger partial charge is 0.248 e. The molecular weight excluding hydrogens is 386 g/mol. The Hall–Kier alpha value is -2.48. The van der Waals surface area contributed by atoms with Crippen molar-refractivity contribution in [3.63, 3.8) is 0 Å². The molecule has 5 nitrogen and oxygen atoms in total. The van der Waals surface area contributed by atoms with Crippen molar-refractivity contribution in [2.24, 2.45) is 0 Å². The first-order valence-corrected chi connectivity index (χ1v) is 10.6. The van der Waals surface area contributed by atoms with Gasteiger partial charge in [-0.25, -0.2) is 17.2 Å². The highest BCUT2D eigenvalue weighted by Gasteiger charge is 2.30. The maximum Gasteiger partial charge on any atom is 0.248 e. The number of aryl methyl sites for hydroxylation is 1. The number of para-hydroxylation sites is 1. The minimum Gasteiger partial charge on any atom is -0.324 e. The summed E-state index contributed by atoms with van der Waals surface area (Å²) in [7, 11) is -3.94. The van der Waals surface area contributed by atoms with Crippen molar-refractivity contribution in [2.75, 3.05) is 15.9 Å². The standard InChI is InChI=1S/C20H24F2N2O3S/c1-12(2)16-8-6-7-13(3)19(16)23-20(25)14(4)24(28(5,26)27)15-9-10-17(21)18(22)11-15/h6-12,14H,1-5H3,(H,23,25)/t14-/m0/s1. The lowest BCUT2D eigenvalue weighted by Gasteiger charge is -2.29. The van der Waals surface area contributed by atoms with Crippen LogP contribution in [-0.2, 0) is 14.8 Å². The van der Waals surface area contributed by atoms with Crippen LogP contribution in [0.25, 0.3) is 0 Å². The van der Waals surface area contributed by atoms with Gasteiger partial charge in [0.05, 0.1) is 11.9 Å². The molecule has 2 rings (SSSR count). The van der Waals surface area contributed by atoms with E-state index in [0.29, 0.717) is 5.69 Å². The molecule has 0 aliphatic rings. The molecule has 0 spiro atoms. The number of hydrogen-bond acceptors (Lipinski definition) is 3. The molecule has 0 unspecified atom stereocenters. The lowest BCUT2D eigenvalue weighted by Crippen LogP contribution is -2.45. The Labute approximate surface area is 164 Å². The molecule has 0 radical (unpaired) electrons. The van der Waals surface area contributed by atoms with Crippen molar-refractivity contribution < 1.29 is 22.0 Å². The number of anilines is 2. The highest BCUT2D eigenvalue weighted by atomic mass is 32.2. The van der Waals surface area contributed by atoms with Crippen molar-refractivity contribution in [1.29, 1.82) is 0 Å². The fourth-order valence-corrected chi connectivity index (χ4v) is 4.17. The zero-order valence-electron chi connectivity index (χ0n) is 16.5. The normalized spacial score (nSPS) is 12.7. The molecule has 0 saturated heterocycles. The molecule has 1 amide bonds. The van der Waals surface area contributed by atoms with Crippen LogP contribution in [0.4, 0.5) is 20.2 Å². The van der Waals surface area contributed by atoms with E-state index in [0.717, 1.165) is 39.9 Å². The number of benzene rings is 2. The van der Waals surface area contributed by atoms with Crippen molar-refractivity contribution >= 4 is 27.3 Å². The van der Waals surface area contributed by atoms with E-state index in [9.17, 15) is 22.0 Å². The Balaban J connectivity index is 2.42. The summed E-state index contributed by atoms with van der Waals surface area (Å²) in [5, 5.41) is 2.80. The number of halogens is 2. The van der Waals surface area contributed by atoms with E-state index in [1.54, 1.807) is 0 Å². The highest BCUT2D eigenvalue weighted by Crippen LogP contribution is 2.29. The molecule has 152 valence electrons. The van der Waals surface area contributed by atoms with Gasteiger partial charge in [-0.1, -0.05) is 32.0 Å². The van der Waals surface area contributed by atoms with Gasteiger partial charge in [-0.15, -0.1) is 0 Å². The Bertz CT molecular complexity index is 991. The van der Waals surface area contributed by atoms with Crippen LogP contribution in [0.2, 0.25) is 0 Å². The number of sulfonamides is 1. The van der Waals surface area contributed by atoms with Gasteiger partial charge in [0.15, 0.2) is 11.6 Å². The summed E-state index contributed by atoms with van der Waals surface area (Å²) in [5.74, 6) is -2.73. The zero-order valence-corrected chi connectivity index (χ0v) is 17.3. The third kappa shape index (κ3) is 4.67. The van der Waals surface area contributed by atoms with Gasteiger partial charge < -0.3 is 5.32 Å². The van der Waals surface area contributed by atoms with Crippen LogP contribution in [0.15, 0.2) is 36.4 Å². The second-order valence-electron chi connectivity index (χ2n) is 7.02. The van der Waals surface area contributed by atoms with Crippen molar-refractivity contribution in [1.82, 2.24) is 0 Å². The average molecular weight is 410 g/mol. The molecule has 0 bridgehead atoms. The largest absolute Gasteiger partial charge is 0.324 e. The Morgan fingerprint density at radius 2 is 1.71 bits per heavy atom. The number of nitrogens with one attached hydrogen (secondary N) is 1. The fourth-order valence-electron chi connectivity index (χ4n) is 3.00. The molecule has 2 aromatic carbocycles. The SMILES string of the molecule is Cc1cccc(C(C)C)c1NC(=O)[C@H](C)N(c1ccc(F)c(F)c1)S(C)(=O)=O. The minimum absolute atomic E-state index is 0.127. The van der Waals surface area contributed by atoms with Gasteiger partial charge in [0.25, 0.3) is 0 Å². The molecule has 0 saturated carbocycles. The van der Waals surface area contributed by atoms with Gasteiger partial charge in [0, 0.05) is 11.8 Å². The molecule has 0 fully saturated rings. The van der Waals surface area contributed by atoms with Crippen LogP contribution in [0, 0.1) is 18.6 Å². The molecule has 1 N–H and O–H groups in total. The number of carbonyl (C=O) groups excluding carboxylic acids is 1. The summed E-state index contributed by atoms with van der Waals surface area (Å²) in [6, 6.07) is 7.14. The predicted molar refractivity (Wildman–Crippen MR) is 107 cm³/mol. The maximum atomic E-state index is 13.6. The van der Waals surface area contributed by atoms with Gasteiger partial charge in [0.1, 0.15) is 6.04 Å². The van der Waals surface area contributed by atoms with Crippen molar-refractivity contribution in [2.45, 2.75) is 39.7 Å². The van der Waals surface area contributed by atoms with Crippen LogP contribution >= 0.6 is 0 Å². The fraction of sp³-hybridized carbons (Fsp3) is 0.350. The van der Waals surface area contributed by atoms with Gasteiger partial charge in [-0.3, -0.25) is 9.10 Å². The van der Waals surface area contributed by atoms with Crippen molar-refractivity contribution in [3.8, 4) is 0 Å². The van der Waals surface area contributed by atoms with Crippen LogP contribution in [0.3, 0.4) is 0 Å². The second kappa shape index (κ2) is 8.26. The molecule has 1 atom stereocenters. The molecule has 8 heteroatoms. The first-order valence-electron chi connectivity index (χ1n) is 8.78. The van der Waals surface area contributed by atoms with E-state index in [4.69, 9.17) is 0 Å². The number of carbonyl (C=O) groups is 1. The summed E-state index contributed by atoms with van der Waals surface area (Å²) < 4.78 is 52.3. The molecule has 28 heavy (non-hydrogen) atoms. The predicted octanol–water partition coefficient (Wildman–Crippen LogP) is 4.19. The number of hydrogen-bond donors (Lipinski definition) is 1. The van der Waals surface area contributed by atoms with Crippen LogP contribution < -0.4 is 9.62 Å². The van der Waals surface area contributed by atoms with E-state index in [1.165, 1.54) is 6.92 Å². The molecule has 0 aliphatic heterocycles. The lowest BCUT2D eigenvalue weighted by molar-refractivity contribution is -0.116. The molecule has 0 aliphatic carbocycles. The van der Waals surface area contributed by atoms with Crippen LogP contribution in [0.1, 0.15) is 37.8 Å². The minimum atomic E-state index is -3.94. The maximum absolute atomic E-state index is 13.6. The highest BCUT2D eigenvalue weighted by molar-refractivity contribution is 7.92. The Kier molecular flexibility index (Phi) is 6.44. The Morgan fingerprint density at radius 3 is 2.25 bits per heavy atom. The van der Waals surface area contributed by atoms with E-state index in [-0.39, 0.29) is 11.6 Å². The third-order valence-electron chi connectivity index (χ3n) is 4.42. The number of rotatable bonds is 6. The quantitative estimate of drug-likeness (QED) is 0.777. The van der Waals surface area contributed by atoms with E-state index in [1.807, 2.05) is 39.0 Å². The van der Waals surface area contributed by atoms with Gasteiger partial charge in [0.2, 0.25) is 15.9 Å². The zero-order chi connectivity index (χ0) is 21.2. The topological polar surface area (TPSA) is 66.5 Å². The number of nitrogens with zero attached hydrogens (tertiary/aromatic N) is 1. The van der Waals surface area contributed by atoms with Gasteiger partial charge in [-0.05, 0) is 43.0 Å². The van der Waals surface area contributed by atoms with Crippen molar-refractivity contribution in [3.05, 3.63) is 59.2 Å². The van der Waals surface area contributed by atoms with E-state index >= 15 is 0 Å². The van der Waals surface area contributed by atoms with Crippen LogP contribution in [-0.4, -0.2) is 26.6 Å². The van der Waals surface area contributed by atoms with E-state index in [2.05, 4.69) is 5.32 Å². The summed E-state index contributed by atoms with van der Waals surface area (Å²) >= 11 is 0. The lowest BCUT2D eigenvalue weighted by atomic mass is 9.98. The first-order chi connectivity index (χ1) is 12.9. The third-order valence-corrected chi connectivity index (χ3v) is 5.66. The first kappa shape index (κ1) is 21.8. The second-order valence-corrected chi connectivity index (χ2v) is 8.88. The monoisotopic (exact) mass is 410 g/mol. The summed E-state index contributed by atoms with van der Waals surface area (Å²) in [5.41, 5.74) is 2.25. The molecule has 0 aromatic heterocycles. The van der Waals surface area contributed by atoms with Gasteiger partial charge >= 0.3 is 0 Å². The average Bonchev–Trinajstić information content (AvgIpc) is 2.58. The molecule has 2 aromatic rings. The Morgan fingerprint density at radius 1 is 1.07 bits per heavy atom. The molecule has 0 heterocycles.